The molecule has 3 nitrogen and oxygen atoms in total. The summed E-state index contributed by atoms with van der Waals surface area (Å²) in [4.78, 5) is 17.9. The lowest BCUT2D eigenvalue weighted by molar-refractivity contribution is -0.121. The van der Waals surface area contributed by atoms with Crippen molar-refractivity contribution in [3.63, 3.8) is 0 Å². The molecule has 19 heavy (non-hydrogen) atoms. The van der Waals surface area contributed by atoms with Crippen molar-refractivity contribution >= 4 is 40.5 Å². The average molecular weight is 295 g/mol. The number of rotatable bonds is 1. The smallest absolute Gasteiger partial charge is 0.261 e. The van der Waals surface area contributed by atoms with Gasteiger partial charge in [-0.25, -0.2) is 4.39 Å². The first-order chi connectivity index (χ1) is 9.16. The van der Waals surface area contributed by atoms with E-state index in [1.165, 1.54) is 34.9 Å². The van der Waals surface area contributed by atoms with Gasteiger partial charge in [-0.15, -0.1) is 0 Å². The zero-order valence-corrected chi connectivity index (χ0v) is 11.2. The van der Waals surface area contributed by atoms with E-state index in [-0.39, 0.29) is 23.0 Å². The van der Waals surface area contributed by atoms with E-state index >= 15 is 0 Å². The first kappa shape index (κ1) is 12.4. The quantitative estimate of drug-likeness (QED) is 0.745. The highest BCUT2D eigenvalue weighted by atomic mass is 35.5. The van der Waals surface area contributed by atoms with E-state index < -0.39 is 5.82 Å². The Kier molecular flexibility index (Phi) is 3.16. The second kappa shape index (κ2) is 4.83. The second-order valence-corrected chi connectivity index (χ2v) is 5.26. The lowest BCUT2D eigenvalue weighted by Gasteiger charge is -2.20. The first-order valence-electron chi connectivity index (χ1n) is 5.53. The molecule has 1 aromatic carbocycles. The molecule has 2 heterocycles. The van der Waals surface area contributed by atoms with Crippen molar-refractivity contribution < 1.29 is 9.18 Å². The second-order valence-electron chi connectivity index (χ2n) is 3.98. The maximum absolute atomic E-state index is 13.7. The molecule has 0 radical (unpaired) electrons. The fourth-order valence-corrected chi connectivity index (χ4v) is 2.76. The Hall–Kier alpha value is -1.59. The van der Waals surface area contributed by atoms with E-state index in [4.69, 9.17) is 11.6 Å². The van der Waals surface area contributed by atoms with Gasteiger partial charge in [0.05, 0.1) is 11.6 Å². The Morgan fingerprint density at radius 1 is 1.47 bits per heavy atom. The fourth-order valence-electron chi connectivity index (χ4n) is 1.85. The normalized spacial score (nSPS) is 19.9. The van der Waals surface area contributed by atoms with Crippen molar-refractivity contribution in [1.82, 2.24) is 4.90 Å². The van der Waals surface area contributed by atoms with Crippen LogP contribution in [0.25, 0.3) is 6.08 Å². The van der Waals surface area contributed by atoms with Gasteiger partial charge in [0.15, 0.2) is 5.17 Å². The van der Waals surface area contributed by atoms with Gasteiger partial charge < -0.3 is 0 Å². The molecule has 96 valence electrons. The summed E-state index contributed by atoms with van der Waals surface area (Å²) >= 11 is 7.34. The van der Waals surface area contributed by atoms with Gasteiger partial charge in [-0.1, -0.05) is 29.4 Å². The van der Waals surface area contributed by atoms with E-state index in [2.05, 4.69) is 4.99 Å². The summed E-state index contributed by atoms with van der Waals surface area (Å²) in [7, 11) is 0. The number of aliphatic imine (C=N–C) groups is 1. The number of thioether (sulfide) groups is 1. The molecular formula is C13H8ClFN2OS. The Balaban J connectivity index is 2.01. The molecular weight excluding hydrogens is 287 g/mol. The van der Waals surface area contributed by atoms with Gasteiger partial charge in [-0.3, -0.25) is 14.7 Å². The van der Waals surface area contributed by atoms with E-state index in [1.54, 1.807) is 17.7 Å². The third kappa shape index (κ3) is 2.19. The van der Waals surface area contributed by atoms with Gasteiger partial charge in [-0.05, 0) is 23.6 Å². The monoisotopic (exact) mass is 294 g/mol. The summed E-state index contributed by atoms with van der Waals surface area (Å²) in [5.41, 5.74) is 0.643. The number of fused-ring (bicyclic) bond motifs is 1. The summed E-state index contributed by atoms with van der Waals surface area (Å²) in [6, 6.07) is 4.43. The number of carbonyl (C=O) groups is 1. The molecule has 0 bridgehead atoms. The highest BCUT2D eigenvalue weighted by Crippen LogP contribution is 2.28. The molecule has 6 heteroatoms. The number of hydrogen-bond acceptors (Lipinski definition) is 3. The van der Waals surface area contributed by atoms with Gasteiger partial charge in [0.25, 0.3) is 5.91 Å². The van der Waals surface area contributed by atoms with Crippen LogP contribution in [0.5, 0.6) is 0 Å². The molecule has 0 spiro atoms. The highest BCUT2D eigenvalue weighted by Gasteiger charge is 2.28. The summed E-state index contributed by atoms with van der Waals surface area (Å²) in [6.07, 6.45) is 3.12. The molecule has 0 saturated carbocycles. The van der Waals surface area contributed by atoms with Crippen molar-refractivity contribution in [2.75, 3.05) is 6.54 Å². The van der Waals surface area contributed by atoms with E-state index in [9.17, 15) is 9.18 Å². The molecule has 0 fully saturated rings. The van der Waals surface area contributed by atoms with Crippen LogP contribution in [0, 0.1) is 5.82 Å². The van der Waals surface area contributed by atoms with Gasteiger partial charge in [0.2, 0.25) is 0 Å². The molecule has 0 N–H and O–H groups in total. The lowest BCUT2D eigenvalue weighted by atomic mass is 10.1. The number of amidine groups is 1. The van der Waals surface area contributed by atoms with Crippen LogP contribution in [0.1, 0.15) is 5.56 Å². The van der Waals surface area contributed by atoms with Crippen LogP contribution in [0.4, 0.5) is 4.39 Å². The number of amides is 1. The minimum Gasteiger partial charge on any atom is -0.269 e. The molecule has 0 saturated heterocycles. The van der Waals surface area contributed by atoms with E-state index in [1.807, 2.05) is 0 Å². The predicted octanol–water partition coefficient (Wildman–Crippen LogP) is 3.28. The average Bonchev–Trinajstić information content (AvgIpc) is 2.85. The van der Waals surface area contributed by atoms with Crippen molar-refractivity contribution in [1.29, 1.82) is 0 Å². The molecule has 2 aliphatic rings. The summed E-state index contributed by atoms with van der Waals surface area (Å²) < 4.78 is 13.7. The van der Waals surface area contributed by atoms with Gasteiger partial charge >= 0.3 is 0 Å². The Bertz CT molecular complexity index is 634. The number of carbonyl (C=O) groups excluding carboxylic acids is 1. The van der Waals surface area contributed by atoms with Gasteiger partial charge in [0.1, 0.15) is 5.82 Å². The van der Waals surface area contributed by atoms with Crippen LogP contribution in [0.15, 0.2) is 40.4 Å². The van der Waals surface area contributed by atoms with Crippen LogP contribution < -0.4 is 0 Å². The minimum atomic E-state index is -0.450. The summed E-state index contributed by atoms with van der Waals surface area (Å²) in [6.45, 7) is 0.240. The number of benzene rings is 1. The predicted molar refractivity (Wildman–Crippen MR) is 75.3 cm³/mol. The zero-order chi connectivity index (χ0) is 13.4. The van der Waals surface area contributed by atoms with Crippen molar-refractivity contribution in [2.45, 2.75) is 0 Å². The summed E-state index contributed by atoms with van der Waals surface area (Å²) in [5, 5.41) is 2.72. The van der Waals surface area contributed by atoms with Gasteiger partial charge in [-0.2, -0.15) is 0 Å². The third-order valence-electron chi connectivity index (χ3n) is 2.79. The molecule has 0 aliphatic carbocycles. The van der Waals surface area contributed by atoms with Gasteiger partial charge in [0, 0.05) is 17.3 Å². The van der Waals surface area contributed by atoms with E-state index in [0.717, 1.165) is 0 Å². The molecule has 0 unspecified atom stereocenters. The Labute approximate surface area is 118 Å². The Morgan fingerprint density at radius 3 is 3.11 bits per heavy atom. The molecule has 2 aliphatic heterocycles. The molecule has 1 amide bonds. The standard InChI is InChI=1S/C13H8ClFN2OS/c14-10-2-1-3-11(15)9(10)6-8-7-16-13-17(12(8)18)4-5-19-13/h1-6H,7H2/b8-6+. The highest BCUT2D eigenvalue weighted by molar-refractivity contribution is 8.16. The third-order valence-corrected chi connectivity index (χ3v) is 3.91. The maximum Gasteiger partial charge on any atom is 0.261 e. The van der Waals surface area contributed by atoms with Crippen molar-refractivity contribution in [3.8, 4) is 0 Å². The zero-order valence-electron chi connectivity index (χ0n) is 9.64. The largest absolute Gasteiger partial charge is 0.269 e. The number of nitrogens with zero attached hydrogens (tertiary/aromatic N) is 2. The first-order valence-corrected chi connectivity index (χ1v) is 6.78. The van der Waals surface area contributed by atoms with Crippen LogP contribution in [0.2, 0.25) is 5.02 Å². The van der Waals surface area contributed by atoms with Crippen LogP contribution >= 0.6 is 23.4 Å². The fraction of sp³-hybridized carbons (Fsp3) is 0.0769. The van der Waals surface area contributed by atoms with Crippen molar-refractivity contribution in [2.24, 2.45) is 4.99 Å². The van der Waals surface area contributed by atoms with Crippen LogP contribution in [-0.2, 0) is 4.79 Å². The topological polar surface area (TPSA) is 32.7 Å². The number of hydrogen-bond donors (Lipinski definition) is 0. The molecule has 0 aromatic heterocycles. The number of halogens is 2. The van der Waals surface area contributed by atoms with Crippen LogP contribution in [0.3, 0.4) is 0 Å². The maximum atomic E-state index is 13.7. The molecule has 0 atom stereocenters. The SMILES string of the molecule is O=C1/C(=C/c2c(F)cccc2Cl)CN=C2SC=CN12. The van der Waals surface area contributed by atoms with Crippen LogP contribution in [-0.4, -0.2) is 22.5 Å². The minimum absolute atomic E-state index is 0.189. The Morgan fingerprint density at radius 2 is 2.32 bits per heavy atom. The summed E-state index contributed by atoms with van der Waals surface area (Å²) in [5.74, 6) is -0.639. The van der Waals surface area contributed by atoms with E-state index in [0.29, 0.717) is 10.7 Å². The lowest BCUT2D eigenvalue weighted by Crippen LogP contribution is -2.33. The molecule has 3 rings (SSSR count). The van der Waals surface area contributed by atoms with Crippen molar-refractivity contribution in [3.05, 3.63) is 51.8 Å². The molecule has 1 aromatic rings.